The fourth-order valence-electron chi connectivity index (χ4n) is 1.41. The number of nitrogens with zero attached hydrogens (tertiary/aromatic N) is 4. The number of benzene rings is 1. The molecule has 2 aromatic heterocycles. The molecule has 78 valence electrons. The normalized spacial score (nSPS) is 9.88. The van der Waals surface area contributed by atoms with Crippen LogP contribution in [0.5, 0.6) is 0 Å². The van der Waals surface area contributed by atoms with Crippen molar-refractivity contribution in [3.05, 3.63) is 48.2 Å². The molecule has 1 aromatic carbocycles. The zero-order chi connectivity index (χ0) is 10.8. The molecule has 0 saturated heterocycles. The first-order valence-corrected chi connectivity index (χ1v) is 5.60. The molecule has 0 radical (unpaired) electrons. The van der Waals surface area contributed by atoms with Crippen molar-refractivity contribution in [2.24, 2.45) is 0 Å². The topological polar surface area (TPSA) is 43.6 Å². The molecular weight excluding hydrogens is 227 g/mol. The third kappa shape index (κ3) is 2.47. The fourth-order valence-corrected chi connectivity index (χ4v) is 2.01. The summed E-state index contributed by atoms with van der Waals surface area (Å²) in [5.74, 6) is 0. The van der Waals surface area contributed by atoms with Crippen molar-refractivity contribution in [2.75, 3.05) is 0 Å². The van der Waals surface area contributed by atoms with Gasteiger partial charge in [-0.3, -0.25) is 0 Å². The van der Waals surface area contributed by atoms with E-state index in [9.17, 15) is 0 Å². The smallest absolute Gasteiger partial charge is 0.442 e. The summed E-state index contributed by atoms with van der Waals surface area (Å²) in [5.41, 5.74) is 2.02. The zero-order valence-corrected chi connectivity index (χ0v) is 10.1. The maximum Gasteiger partial charge on any atom is 1.00 e. The summed E-state index contributed by atoms with van der Waals surface area (Å²) >= 11 is 1.57. The molecule has 0 N–H and O–H groups in total. The van der Waals surface area contributed by atoms with E-state index in [1.165, 1.54) is 0 Å². The van der Waals surface area contributed by atoms with E-state index in [0.29, 0.717) is 0 Å². The zero-order valence-electron chi connectivity index (χ0n) is 9.24. The van der Waals surface area contributed by atoms with E-state index in [1.807, 2.05) is 29.6 Å². The maximum absolute atomic E-state index is 4.13. The Kier molecular flexibility index (Phi) is 3.74. The van der Waals surface area contributed by atoms with Gasteiger partial charge in [-0.15, -0.1) is 6.20 Å². The van der Waals surface area contributed by atoms with Crippen molar-refractivity contribution in [3.8, 4) is 16.3 Å². The van der Waals surface area contributed by atoms with Gasteiger partial charge in [-0.1, -0.05) is 23.1 Å². The molecule has 0 aliphatic rings. The van der Waals surface area contributed by atoms with Crippen LogP contribution in [-0.4, -0.2) is 20.0 Å². The molecule has 0 spiro atoms. The van der Waals surface area contributed by atoms with Crippen LogP contribution < -0.4 is 18.9 Å². The molecule has 0 bridgehead atoms. The molecule has 0 amide bonds. The largest absolute Gasteiger partial charge is 1.00 e. The number of rotatable bonds is 2. The summed E-state index contributed by atoms with van der Waals surface area (Å²) in [6, 6.07) is 7.95. The average molecular weight is 234 g/mol. The Labute approximate surface area is 114 Å². The van der Waals surface area contributed by atoms with Gasteiger partial charge in [0.25, 0.3) is 0 Å². The van der Waals surface area contributed by atoms with E-state index in [-0.39, 0.29) is 18.9 Å². The quantitative estimate of drug-likeness (QED) is 0.430. The fraction of sp³-hybridized carbons (Fsp3) is 0. The van der Waals surface area contributed by atoms with Gasteiger partial charge in [0.1, 0.15) is 0 Å². The van der Waals surface area contributed by atoms with Crippen LogP contribution in [0.4, 0.5) is 0 Å². The Morgan fingerprint density at radius 3 is 2.35 bits per heavy atom. The van der Waals surface area contributed by atoms with Gasteiger partial charge in [0.15, 0.2) is 0 Å². The monoisotopic (exact) mass is 234 g/mol. The number of hydrogen-bond donors (Lipinski definition) is 0. The summed E-state index contributed by atoms with van der Waals surface area (Å²) in [5, 5.41) is 10.9. The Morgan fingerprint density at radius 2 is 1.76 bits per heavy atom. The predicted octanol–water partition coefficient (Wildman–Crippen LogP) is -0.805. The number of hydrogen-bond acceptors (Lipinski definition) is 4. The molecular formula is C11H7LiN4S. The van der Waals surface area contributed by atoms with Crippen LogP contribution in [0.15, 0.2) is 42.0 Å². The molecule has 0 atom stereocenters. The van der Waals surface area contributed by atoms with Gasteiger partial charge in [-0.05, 0) is 17.1 Å². The van der Waals surface area contributed by atoms with E-state index in [2.05, 4.69) is 21.4 Å². The molecule has 2 heterocycles. The van der Waals surface area contributed by atoms with Crippen molar-refractivity contribution >= 4 is 11.3 Å². The molecule has 0 fully saturated rings. The van der Waals surface area contributed by atoms with E-state index < -0.39 is 0 Å². The summed E-state index contributed by atoms with van der Waals surface area (Å²) in [6.07, 6.45) is 6.12. The van der Waals surface area contributed by atoms with Crippen LogP contribution in [0.3, 0.4) is 0 Å². The second kappa shape index (κ2) is 5.28. The first kappa shape index (κ1) is 12.1. The molecule has 0 aliphatic heterocycles. The minimum atomic E-state index is 0. The van der Waals surface area contributed by atoms with Gasteiger partial charge < -0.3 is 4.98 Å². The van der Waals surface area contributed by atoms with Crippen molar-refractivity contribution in [1.82, 2.24) is 20.0 Å². The van der Waals surface area contributed by atoms with E-state index in [4.69, 9.17) is 0 Å². The van der Waals surface area contributed by atoms with E-state index in [0.717, 1.165) is 16.3 Å². The third-order valence-corrected chi connectivity index (χ3v) is 2.93. The minimum Gasteiger partial charge on any atom is -0.442 e. The average Bonchev–Trinajstić information content (AvgIpc) is 3.03. The van der Waals surface area contributed by atoms with Gasteiger partial charge in [0.05, 0.1) is 18.1 Å². The van der Waals surface area contributed by atoms with Gasteiger partial charge in [0, 0.05) is 0 Å². The van der Waals surface area contributed by atoms with Crippen molar-refractivity contribution in [3.63, 3.8) is 0 Å². The first-order valence-electron chi connectivity index (χ1n) is 4.72. The van der Waals surface area contributed by atoms with Crippen LogP contribution in [0.2, 0.25) is 0 Å². The second-order valence-corrected chi connectivity index (χ2v) is 4.01. The minimum absolute atomic E-state index is 0. The van der Waals surface area contributed by atoms with E-state index >= 15 is 0 Å². The summed E-state index contributed by atoms with van der Waals surface area (Å²) in [7, 11) is 0. The van der Waals surface area contributed by atoms with E-state index in [1.54, 1.807) is 28.5 Å². The molecule has 3 aromatic rings. The SMILES string of the molecule is [Li+].[c-]1csc(-c2ccc(-n3nccn3)cc2)n1. The van der Waals surface area contributed by atoms with Gasteiger partial charge in [-0.2, -0.15) is 15.0 Å². The van der Waals surface area contributed by atoms with Gasteiger partial charge in [0.2, 0.25) is 0 Å². The molecule has 4 nitrogen and oxygen atoms in total. The van der Waals surface area contributed by atoms with Crippen LogP contribution >= 0.6 is 11.3 Å². The summed E-state index contributed by atoms with van der Waals surface area (Å²) in [4.78, 5) is 5.72. The molecule has 17 heavy (non-hydrogen) atoms. The van der Waals surface area contributed by atoms with Crippen molar-refractivity contribution < 1.29 is 18.9 Å². The summed E-state index contributed by atoms with van der Waals surface area (Å²) in [6.45, 7) is 0. The number of aromatic nitrogens is 4. The van der Waals surface area contributed by atoms with Crippen LogP contribution in [-0.2, 0) is 0 Å². The number of thiazole rings is 1. The maximum atomic E-state index is 4.13. The van der Waals surface area contributed by atoms with Crippen LogP contribution in [0.25, 0.3) is 16.3 Å². The molecule has 3 rings (SSSR count). The Bertz CT molecular complexity index is 507. The van der Waals surface area contributed by atoms with Gasteiger partial charge in [-0.25, -0.2) is 11.3 Å². The summed E-state index contributed by atoms with van der Waals surface area (Å²) < 4.78 is 0. The standard InChI is InChI=1S/C11H7N4S.Li/c1-3-10(15-13-5-6-14-15)4-2-9(1)11-12-7-8-16-11;/h1-6,8H;/q-1;+1. The molecule has 0 unspecified atom stereocenters. The van der Waals surface area contributed by atoms with Crippen LogP contribution in [0.1, 0.15) is 0 Å². The predicted molar refractivity (Wildman–Crippen MR) is 61.3 cm³/mol. The Hall–Kier alpha value is -1.41. The first-order chi connectivity index (χ1) is 7.93. The second-order valence-electron chi connectivity index (χ2n) is 3.15. The molecule has 6 heteroatoms. The molecule has 0 saturated carbocycles. The van der Waals surface area contributed by atoms with Crippen molar-refractivity contribution in [1.29, 1.82) is 0 Å². The molecule has 0 aliphatic carbocycles. The Morgan fingerprint density at radius 1 is 1.06 bits per heavy atom. The third-order valence-electron chi connectivity index (χ3n) is 2.15. The van der Waals surface area contributed by atoms with Crippen LogP contribution in [0, 0.1) is 6.20 Å². The van der Waals surface area contributed by atoms with Gasteiger partial charge >= 0.3 is 18.9 Å². The Balaban J connectivity index is 0.00000108. The van der Waals surface area contributed by atoms with Crippen molar-refractivity contribution in [2.45, 2.75) is 0 Å².